The summed E-state index contributed by atoms with van der Waals surface area (Å²) in [5, 5.41) is 31.2. The van der Waals surface area contributed by atoms with Gasteiger partial charge in [0.15, 0.2) is 0 Å². The Morgan fingerprint density at radius 3 is 2.49 bits per heavy atom. The molecule has 1 aromatic rings. The number of unbranched alkanes of at least 4 members (excludes halogenated alkanes) is 1. The maximum atomic E-state index is 12.0. The Balaban J connectivity index is 1.74. The molecule has 1 aromatic carbocycles. The Bertz CT molecular complexity index is 981. The lowest BCUT2D eigenvalue weighted by molar-refractivity contribution is -0.162. The van der Waals surface area contributed by atoms with Gasteiger partial charge < -0.3 is 20.1 Å². The van der Waals surface area contributed by atoms with Crippen LogP contribution < -0.4 is 0 Å². The molecule has 0 radical (unpaired) electrons. The summed E-state index contributed by atoms with van der Waals surface area (Å²) in [6, 6.07) is 9.98. The molecule has 0 aromatic heterocycles. The van der Waals surface area contributed by atoms with Crippen molar-refractivity contribution in [3.8, 4) is 24.7 Å². The Hall–Kier alpha value is -3.16. The van der Waals surface area contributed by atoms with Gasteiger partial charge in [0.1, 0.15) is 0 Å². The zero-order chi connectivity index (χ0) is 27.0. The fraction of sp³-hybridized carbons (Fsp3) is 0.484. The van der Waals surface area contributed by atoms with Crippen molar-refractivity contribution < 1.29 is 29.6 Å². The van der Waals surface area contributed by atoms with E-state index in [-0.39, 0.29) is 31.6 Å². The third kappa shape index (κ3) is 10.8. The van der Waals surface area contributed by atoms with E-state index in [0.29, 0.717) is 32.1 Å². The number of esters is 2. The lowest BCUT2D eigenvalue weighted by Crippen LogP contribution is -2.20. The maximum Gasteiger partial charge on any atom is 0.318 e. The van der Waals surface area contributed by atoms with Gasteiger partial charge in [0.25, 0.3) is 0 Å². The van der Waals surface area contributed by atoms with Crippen LogP contribution in [0.5, 0.6) is 0 Å². The van der Waals surface area contributed by atoms with Crippen molar-refractivity contribution in [2.45, 2.75) is 82.5 Å². The van der Waals surface area contributed by atoms with E-state index in [1.807, 2.05) is 48.6 Å². The van der Waals surface area contributed by atoms with Gasteiger partial charge in [-0.15, -0.1) is 24.7 Å². The monoisotopic (exact) mass is 506 g/mol. The third-order valence-electron chi connectivity index (χ3n) is 6.56. The lowest BCUT2D eigenvalue weighted by Gasteiger charge is -2.16. The first kappa shape index (κ1) is 30.1. The predicted molar refractivity (Wildman–Crippen MR) is 143 cm³/mol. The quantitative estimate of drug-likeness (QED) is 0.116. The molecule has 1 saturated carbocycles. The minimum atomic E-state index is -0.713. The summed E-state index contributed by atoms with van der Waals surface area (Å²) < 4.78 is 4.85. The molecule has 37 heavy (non-hydrogen) atoms. The van der Waals surface area contributed by atoms with Crippen molar-refractivity contribution in [1.82, 2.24) is 0 Å². The van der Waals surface area contributed by atoms with E-state index in [1.165, 1.54) is 5.56 Å². The summed E-state index contributed by atoms with van der Waals surface area (Å²) in [6.45, 7) is 0. The van der Waals surface area contributed by atoms with Gasteiger partial charge in [-0.3, -0.25) is 9.59 Å². The molecule has 1 aliphatic carbocycles. The number of carbonyl (C=O) groups excluding carboxylic acids is 2. The summed E-state index contributed by atoms with van der Waals surface area (Å²) in [6.07, 6.45) is 18.4. The average molecular weight is 507 g/mol. The molecule has 4 atom stereocenters. The van der Waals surface area contributed by atoms with Crippen LogP contribution in [0.15, 0.2) is 54.1 Å². The van der Waals surface area contributed by atoms with Crippen LogP contribution in [0, 0.1) is 36.5 Å². The average Bonchev–Trinajstić information content (AvgIpc) is 3.15. The van der Waals surface area contributed by atoms with Crippen molar-refractivity contribution in [3.63, 3.8) is 0 Å². The SMILES string of the molecule is C#CCC(CC#C)C(=O)OC(=O)CCC/C=C\C[C@@H]1/C(=C\C[C@@H](O)CCc2ccccc2)[C@H](O)C[C@@H]1O. The Morgan fingerprint density at radius 2 is 1.81 bits per heavy atom. The molecule has 0 aliphatic heterocycles. The molecule has 0 spiro atoms. The largest absolute Gasteiger partial charge is 0.393 e. The first-order valence-electron chi connectivity index (χ1n) is 12.9. The first-order valence-corrected chi connectivity index (χ1v) is 12.9. The number of hydrogen-bond donors (Lipinski definition) is 3. The summed E-state index contributed by atoms with van der Waals surface area (Å²) in [5.41, 5.74) is 1.94. The standard InChI is InChI=1S/C31H38O6/c1-3-12-24(13-4-2)31(36)37-30(35)17-11-6-5-10-16-26-27(29(34)22-28(26)33)21-20-25(32)19-18-23-14-8-7-9-15-23/h1-2,5,7-10,14-15,21,24-26,28-29,32-34H,6,11-13,16-20,22H2/b10-5-,27-21+/t25-,26+,28-,29+/m0/s1. The molecule has 6 nitrogen and oxygen atoms in total. The minimum absolute atomic E-state index is 0.0890. The van der Waals surface area contributed by atoms with Gasteiger partial charge in [-0.05, 0) is 49.7 Å². The topological polar surface area (TPSA) is 104 Å². The van der Waals surface area contributed by atoms with E-state index in [2.05, 4.69) is 11.8 Å². The van der Waals surface area contributed by atoms with Gasteiger partial charge >= 0.3 is 11.9 Å². The highest BCUT2D eigenvalue weighted by Gasteiger charge is 2.35. The van der Waals surface area contributed by atoms with Gasteiger partial charge in [0.05, 0.1) is 24.2 Å². The number of aliphatic hydroxyl groups excluding tert-OH is 3. The molecule has 3 N–H and O–H groups in total. The number of allylic oxidation sites excluding steroid dienone is 2. The fourth-order valence-corrected chi connectivity index (χ4v) is 4.44. The Labute approximate surface area is 220 Å². The fourth-order valence-electron chi connectivity index (χ4n) is 4.44. The molecule has 1 aliphatic rings. The molecule has 1 fully saturated rings. The van der Waals surface area contributed by atoms with Gasteiger partial charge in [0.2, 0.25) is 0 Å². The third-order valence-corrected chi connectivity index (χ3v) is 6.56. The van der Waals surface area contributed by atoms with Crippen LogP contribution in [0.4, 0.5) is 0 Å². The van der Waals surface area contributed by atoms with E-state index in [0.717, 1.165) is 12.0 Å². The van der Waals surface area contributed by atoms with Gasteiger partial charge in [-0.25, -0.2) is 0 Å². The summed E-state index contributed by atoms with van der Waals surface area (Å²) in [4.78, 5) is 23.9. The number of ether oxygens (including phenoxy) is 1. The van der Waals surface area contributed by atoms with Crippen LogP contribution in [0.3, 0.4) is 0 Å². The van der Waals surface area contributed by atoms with Gasteiger partial charge in [0, 0.05) is 31.6 Å². The number of aliphatic hydroxyl groups is 3. The van der Waals surface area contributed by atoms with Crippen molar-refractivity contribution in [2.75, 3.05) is 0 Å². The molecular formula is C31H38O6. The summed E-state index contributed by atoms with van der Waals surface area (Å²) in [7, 11) is 0. The maximum absolute atomic E-state index is 12.0. The van der Waals surface area contributed by atoms with Gasteiger partial charge in [-0.2, -0.15) is 0 Å². The van der Waals surface area contributed by atoms with Gasteiger partial charge in [-0.1, -0.05) is 48.6 Å². The molecule has 0 amide bonds. The van der Waals surface area contributed by atoms with Crippen LogP contribution in [0.25, 0.3) is 0 Å². The number of aryl methyl sites for hydroxylation is 1. The minimum Gasteiger partial charge on any atom is -0.393 e. The highest BCUT2D eigenvalue weighted by atomic mass is 16.6. The smallest absolute Gasteiger partial charge is 0.318 e. The zero-order valence-electron chi connectivity index (χ0n) is 21.3. The second-order valence-electron chi connectivity index (χ2n) is 9.45. The van der Waals surface area contributed by atoms with E-state index in [9.17, 15) is 24.9 Å². The second kappa shape index (κ2) is 16.6. The van der Waals surface area contributed by atoms with Crippen molar-refractivity contribution in [1.29, 1.82) is 0 Å². The van der Waals surface area contributed by atoms with Crippen LogP contribution >= 0.6 is 0 Å². The number of carbonyl (C=O) groups is 2. The van der Waals surface area contributed by atoms with Crippen LogP contribution in [0.2, 0.25) is 0 Å². The molecule has 2 rings (SSSR count). The van der Waals surface area contributed by atoms with Crippen molar-refractivity contribution in [3.05, 3.63) is 59.7 Å². The molecule has 0 heterocycles. The molecule has 6 heteroatoms. The van der Waals surface area contributed by atoms with Crippen LogP contribution in [-0.2, 0) is 20.7 Å². The normalized spacial score (nSPS) is 21.1. The highest BCUT2D eigenvalue weighted by molar-refractivity contribution is 5.87. The number of terminal acetylenes is 2. The predicted octanol–water partition coefficient (Wildman–Crippen LogP) is 3.89. The van der Waals surface area contributed by atoms with E-state index in [4.69, 9.17) is 17.6 Å². The van der Waals surface area contributed by atoms with Crippen LogP contribution in [0.1, 0.15) is 63.4 Å². The lowest BCUT2D eigenvalue weighted by atomic mass is 9.94. The zero-order valence-corrected chi connectivity index (χ0v) is 21.3. The highest BCUT2D eigenvalue weighted by Crippen LogP contribution is 2.35. The summed E-state index contributed by atoms with van der Waals surface area (Å²) >= 11 is 0. The number of benzene rings is 1. The molecule has 0 saturated heterocycles. The van der Waals surface area contributed by atoms with Crippen molar-refractivity contribution >= 4 is 11.9 Å². The Morgan fingerprint density at radius 1 is 1.11 bits per heavy atom. The molecule has 198 valence electrons. The number of rotatable bonds is 14. The summed E-state index contributed by atoms with van der Waals surface area (Å²) in [5.74, 6) is 2.56. The number of hydrogen-bond acceptors (Lipinski definition) is 6. The van der Waals surface area contributed by atoms with Crippen LogP contribution in [-0.4, -0.2) is 45.6 Å². The second-order valence-corrected chi connectivity index (χ2v) is 9.45. The first-order chi connectivity index (χ1) is 17.8. The molecular weight excluding hydrogens is 468 g/mol. The van der Waals surface area contributed by atoms with E-state index >= 15 is 0 Å². The molecule has 0 bridgehead atoms. The molecule has 0 unspecified atom stereocenters. The Kier molecular flexibility index (Phi) is 13.5. The van der Waals surface area contributed by atoms with E-state index < -0.39 is 36.2 Å². The van der Waals surface area contributed by atoms with E-state index in [1.54, 1.807) is 0 Å². The van der Waals surface area contributed by atoms with Crippen molar-refractivity contribution in [2.24, 2.45) is 11.8 Å².